The van der Waals surface area contributed by atoms with Gasteiger partial charge in [-0.05, 0) is 43.9 Å². The molecule has 1 amide bonds. The minimum Gasteiger partial charge on any atom is -0.342 e. The molecule has 1 aliphatic heterocycles. The van der Waals surface area contributed by atoms with E-state index in [0.29, 0.717) is 30.8 Å². The van der Waals surface area contributed by atoms with E-state index < -0.39 is 11.6 Å². The lowest BCUT2D eigenvalue weighted by molar-refractivity contribution is -0.131. The second-order valence-electron chi connectivity index (χ2n) is 7.65. The van der Waals surface area contributed by atoms with Gasteiger partial charge in [0.2, 0.25) is 5.91 Å². The first kappa shape index (κ1) is 26.8. The Bertz CT molecular complexity index is 1070. The zero-order valence-electron chi connectivity index (χ0n) is 20.0. The first-order chi connectivity index (χ1) is 16.4. The molecule has 2 heterocycles. The average Bonchev–Trinajstić information content (AvgIpc) is 2.87. The van der Waals surface area contributed by atoms with E-state index in [4.69, 9.17) is 5.41 Å². The number of halogens is 2. The summed E-state index contributed by atoms with van der Waals surface area (Å²) < 4.78 is 28.3. The summed E-state index contributed by atoms with van der Waals surface area (Å²) in [6, 6.07) is 5.48. The number of nitrogens with one attached hydrogen (secondary N) is 1. The Labute approximate surface area is 203 Å². The molecular formula is C27H36F2N4O. The largest absolute Gasteiger partial charge is 0.342 e. The molecule has 184 valence electrons. The van der Waals surface area contributed by atoms with Gasteiger partial charge in [-0.2, -0.15) is 0 Å². The molecule has 2 aromatic rings. The third kappa shape index (κ3) is 6.53. The van der Waals surface area contributed by atoms with Crippen molar-refractivity contribution in [3.05, 3.63) is 90.1 Å². The lowest BCUT2D eigenvalue weighted by Crippen LogP contribution is -2.38. The number of hydrogen-bond donors (Lipinski definition) is 1. The Kier molecular flexibility index (Phi) is 10.5. The summed E-state index contributed by atoms with van der Waals surface area (Å²) in [4.78, 5) is 22.4. The first-order valence-corrected chi connectivity index (χ1v) is 11.5. The minimum atomic E-state index is -1.05. The highest BCUT2D eigenvalue weighted by Crippen LogP contribution is 2.32. The fourth-order valence-corrected chi connectivity index (χ4v) is 3.96. The summed E-state index contributed by atoms with van der Waals surface area (Å²) in [7, 11) is 0. The molecule has 1 N–H and O–H groups in total. The number of aromatic nitrogens is 2. The number of carbonyl (C=O) groups is 1. The molecule has 0 unspecified atom stereocenters. The molecule has 0 bridgehead atoms. The number of rotatable bonds is 7. The molecular weight excluding hydrogens is 434 g/mol. The predicted molar refractivity (Wildman–Crippen MR) is 137 cm³/mol. The normalized spacial score (nSPS) is 14.8. The molecule has 1 fully saturated rings. The second-order valence-corrected chi connectivity index (χ2v) is 7.65. The summed E-state index contributed by atoms with van der Waals surface area (Å²) in [6.45, 7) is 10.7. The zero-order chi connectivity index (χ0) is 25.1. The van der Waals surface area contributed by atoms with Crippen LogP contribution in [0.3, 0.4) is 0 Å². The van der Waals surface area contributed by atoms with E-state index in [1.807, 2.05) is 25.7 Å². The minimum absolute atomic E-state index is 0. The molecule has 1 aromatic carbocycles. The van der Waals surface area contributed by atoms with Gasteiger partial charge in [0, 0.05) is 39.7 Å². The van der Waals surface area contributed by atoms with Crippen LogP contribution >= 0.6 is 0 Å². The van der Waals surface area contributed by atoms with E-state index in [0.717, 1.165) is 24.5 Å². The standard InChI is InChI=1S/C25H26F2N4O.C2H6.2H2/c1-3-4-5-9-22(32)31-14-11-18(12-15-31)17(2)23(21-10-13-29-16-30-21)25(28)19-7-6-8-20(26)24(19)27;1-2;;/h3-8,10,13,16,18,28H,1,9,11-12,14-15H2,2H3;1-2H3;2*1H/b5-4-,23-17+,28-25?;;;. The Morgan fingerprint density at radius 2 is 1.97 bits per heavy atom. The summed E-state index contributed by atoms with van der Waals surface area (Å²) in [5.41, 5.74) is 1.59. The molecule has 1 aliphatic rings. The fraction of sp³-hybridized carbons (Fsp3) is 0.333. The van der Waals surface area contributed by atoms with Crippen LogP contribution in [0.15, 0.2) is 67.2 Å². The van der Waals surface area contributed by atoms with Crippen molar-refractivity contribution in [3.63, 3.8) is 0 Å². The van der Waals surface area contributed by atoms with Crippen LogP contribution in [-0.4, -0.2) is 39.6 Å². The van der Waals surface area contributed by atoms with E-state index in [2.05, 4.69) is 16.5 Å². The number of piperidine rings is 1. The van der Waals surface area contributed by atoms with Gasteiger partial charge in [0.25, 0.3) is 0 Å². The molecule has 0 saturated carbocycles. The molecule has 1 aromatic heterocycles. The van der Waals surface area contributed by atoms with Crippen LogP contribution in [0.5, 0.6) is 0 Å². The van der Waals surface area contributed by atoms with Gasteiger partial charge in [0.15, 0.2) is 11.6 Å². The molecule has 7 heteroatoms. The summed E-state index contributed by atoms with van der Waals surface area (Å²) >= 11 is 0. The van der Waals surface area contributed by atoms with Gasteiger partial charge in [-0.25, -0.2) is 18.7 Å². The fourth-order valence-electron chi connectivity index (χ4n) is 3.96. The van der Waals surface area contributed by atoms with Crippen molar-refractivity contribution in [2.24, 2.45) is 5.92 Å². The number of amides is 1. The average molecular weight is 471 g/mol. The van der Waals surface area contributed by atoms with Crippen LogP contribution in [0.2, 0.25) is 0 Å². The second kappa shape index (κ2) is 13.3. The topological polar surface area (TPSA) is 69.9 Å². The van der Waals surface area contributed by atoms with Crippen LogP contribution in [0.25, 0.3) is 5.57 Å². The molecule has 0 spiro atoms. The van der Waals surface area contributed by atoms with Gasteiger partial charge in [0.1, 0.15) is 6.33 Å². The smallest absolute Gasteiger partial charge is 0.226 e. The number of nitrogens with zero attached hydrogens (tertiary/aromatic N) is 3. The quantitative estimate of drug-likeness (QED) is 0.372. The van der Waals surface area contributed by atoms with E-state index >= 15 is 0 Å². The van der Waals surface area contributed by atoms with Crippen molar-refractivity contribution < 1.29 is 16.4 Å². The maximum Gasteiger partial charge on any atom is 0.226 e. The van der Waals surface area contributed by atoms with Crippen molar-refractivity contribution in [1.29, 1.82) is 5.41 Å². The zero-order valence-corrected chi connectivity index (χ0v) is 20.0. The van der Waals surface area contributed by atoms with Crippen LogP contribution in [0.4, 0.5) is 8.78 Å². The van der Waals surface area contributed by atoms with E-state index in [1.165, 1.54) is 18.5 Å². The SMILES string of the molecule is C=C/C=C\CC(=O)N1CCC(/C(C)=C(/C(=N)c2cccc(F)c2F)c2ccncn2)CC1.CC.[HH].[HH]. The van der Waals surface area contributed by atoms with E-state index in [9.17, 15) is 13.6 Å². The molecule has 5 nitrogen and oxygen atoms in total. The summed E-state index contributed by atoms with van der Waals surface area (Å²) in [6.07, 6.45) is 9.88. The molecule has 0 aliphatic carbocycles. The third-order valence-electron chi connectivity index (χ3n) is 5.73. The number of hydrogen-bond acceptors (Lipinski definition) is 4. The van der Waals surface area contributed by atoms with Crippen molar-refractivity contribution in [2.75, 3.05) is 13.1 Å². The highest BCUT2D eigenvalue weighted by molar-refractivity contribution is 6.30. The van der Waals surface area contributed by atoms with Gasteiger partial charge in [-0.3, -0.25) is 10.2 Å². The molecule has 0 atom stereocenters. The monoisotopic (exact) mass is 470 g/mol. The number of carbonyl (C=O) groups excluding carboxylic acids is 1. The third-order valence-corrected chi connectivity index (χ3v) is 5.73. The van der Waals surface area contributed by atoms with E-state index in [1.54, 1.807) is 30.5 Å². The molecule has 1 saturated heterocycles. The summed E-state index contributed by atoms with van der Waals surface area (Å²) in [5, 5.41) is 8.71. The predicted octanol–water partition coefficient (Wildman–Crippen LogP) is 6.49. The maximum absolute atomic E-state index is 14.5. The molecule has 34 heavy (non-hydrogen) atoms. The molecule has 0 radical (unpaired) electrons. The lowest BCUT2D eigenvalue weighted by atomic mass is 9.83. The number of benzene rings is 1. The van der Waals surface area contributed by atoms with Crippen LogP contribution in [-0.2, 0) is 4.79 Å². The van der Waals surface area contributed by atoms with Crippen LogP contribution in [0, 0.1) is 23.0 Å². The Balaban J connectivity index is 0.00000299. The van der Waals surface area contributed by atoms with Crippen molar-refractivity contribution in [3.8, 4) is 0 Å². The Hall–Kier alpha value is -3.48. The number of allylic oxidation sites excluding steroid dienone is 4. The van der Waals surface area contributed by atoms with Crippen molar-refractivity contribution >= 4 is 17.2 Å². The van der Waals surface area contributed by atoms with Gasteiger partial charge in [0.05, 0.1) is 11.4 Å². The molecule has 3 rings (SSSR count). The van der Waals surface area contributed by atoms with Gasteiger partial charge >= 0.3 is 0 Å². The summed E-state index contributed by atoms with van der Waals surface area (Å²) in [5.74, 6) is -1.90. The Morgan fingerprint density at radius 1 is 1.26 bits per heavy atom. The Morgan fingerprint density at radius 3 is 2.59 bits per heavy atom. The van der Waals surface area contributed by atoms with E-state index in [-0.39, 0.29) is 26.0 Å². The highest BCUT2D eigenvalue weighted by Gasteiger charge is 2.27. The van der Waals surface area contributed by atoms with Crippen molar-refractivity contribution in [1.82, 2.24) is 14.9 Å². The lowest BCUT2D eigenvalue weighted by Gasteiger charge is -2.33. The first-order valence-electron chi connectivity index (χ1n) is 11.5. The van der Waals surface area contributed by atoms with Crippen molar-refractivity contribution in [2.45, 2.75) is 40.0 Å². The van der Waals surface area contributed by atoms with Gasteiger partial charge in [-0.1, -0.05) is 50.3 Å². The van der Waals surface area contributed by atoms with Gasteiger partial charge < -0.3 is 4.90 Å². The van der Waals surface area contributed by atoms with Crippen LogP contribution < -0.4 is 0 Å². The maximum atomic E-state index is 14.5. The van der Waals surface area contributed by atoms with Crippen LogP contribution in [0.1, 0.15) is 54.1 Å². The number of likely N-dealkylation sites (tertiary alicyclic amines) is 1. The highest BCUT2D eigenvalue weighted by atomic mass is 19.2. The van der Waals surface area contributed by atoms with Gasteiger partial charge in [-0.15, -0.1) is 0 Å².